The van der Waals surface area contributed by atoms with Gasteiger partial charge in [-0.3, -0.25) is 19.4 Å². The second kappa shape index (κ2) is 13.4. The van der Waals surface area contributed by atoms with E-state index in [1.54, 1.807) is 31.2 Å². The lowest BCUT2D eigenvalue weighted by Crippen LogP contribution is -2.48. The van der Waals surface area contributed by atoms with E-state index in [0.29, 0.717) is 44.2 Å². The number of amides is 1. The molecule has 7 nitrogen and oxygen atoms in total. The van der Waals surface area contributed by atoms with Gasteiger partial charge in [0, 0.05) is 58.3 Å². The molecule has 2 saturated heterocycles. The van der Waals surface area contributed by atoms with Gasteiger partial charge in [0.15, 0.2) is 0 Å². The van der Waals surface area contributed by atoms with Crippen LogP contribution < -0.4 is 4.74 Å². The molecule has 1 amide bonds. The largest absolute Gasteiger partial charge is 0.494 e. The molecule has 0 bridgehead atoms. The molecule has 0 radical (unpaired) electrons. The van der Waals surface area contributed by atoms with Crippen LogP contribution in [0.3, 0.4) is 0 Å². The quantitative estimate of drug-likeness (QED) is 0.354. The van der Waals surface area contributed by atoms with Crippen molar-refractivity contribution < 1.29 is 23.5 Å². The number of ketones is 1. The van der Waals surface area contributed by atoms with Crippen LogP contribution in [0.4, 0.5) is 4.39 Å². The average molecular weight is 438 g/mol. The zero-order chi connectivity index (χ0) is 22.6. The Morgan fingerprint density at radius 1 is 1.03 bits per heavy atom. The number of hydrogen-bond donors (Lipinski definition) is 0. The number of Topliss-reactive ketones (excluding diaryl/α,β-unsaturated/α-hetero) is 1. The highest BCUT2D eigenvalue weighted by atomic mass is 19.1. The monoisotopic (exact) mass is 437 g/mol. The summed E-state index contributed by atoms with van der Waals surface area (Å²) >= 11 is 0. The van der Waals surface area contributed by atoms with Crippen molar-refractivity contribution in [3.8, 4) is 5.75 Å². The molecule has 0 aromatic heterocycles. The Bertz CT molecular complexity index is 672. The van der Waals surface area contributed by atoms with Gasteiger partial charge in [-0.15, -0.1) is 0 Å². The predicted molar refractivity (Wildman–Crippen MR) is 118 cm³/mol. The number of carbonyl (C=O) groups is 2. The summed E-state index contributed by atoms with van der Waals surface area (Å²) in [7, 11) is 0. The van der Waals surface area contributed by atoms with Crippen LogP contribution in [0.1, 0.15) is 37.6 Å². The highest BCUT2D eigenvalue weighted by Gasteiger charge is 2.27. The summed E-state index contributed by atoms with van der Waals surface area (Å²) in [6, 6.07) is 6.66. The Morgan fingerprint density at radius 3 is 2.23 bits per heavy atom. The number of morpholine rings is 1. The number of carbonyl (C=O) groups excluding carboxylic acids is 2. The standard InChI is InChI=1S/C21H30FN3O4.C2H6/c1-17(26)24-10-8-23(9-11-24)7-2-14-29-19-5-3-18(4-6-19)20(27)21(22)25-12-15-28-16-13-25;1-2/h3-6,21H,2,7-16H2,1H3;1-2H3. The molecular weight excluding hydrogens is 401 g/mol. The first-order valence-corrected chi connectivity index (χ1v) is 11.3. The normalized spacial score (nSPS) is 18.6. The van der Waals surface area contributed by atoms with Gasteiger partial charge in [0.25, 0.3) is 0 Å². The van der Waals surface area contributed by atoms with E-state index in [-0.39, 0.29) is 5.91 Å². The topological polar surface area (TPSA) is 62.3 Å². The van der Waals surface area contributed by atoms with Crippen LogP contribution >= 0.6 is 0 Å². The molecule has 2 fully saturated rings. The average Bonchev–Trinajstić information content (AvgIpc) is 2.83. The third-order valence-electron chi connectivity index (χ3n) is 5.43. The lowest BCUT2D eigenvalue weighted by Gasteiger charge is -2.34. The van der Waals surface area contributed by atoms with Gasteiger partial charge < -0.3 is 14.4 Å². The molecule has 1 unspecified atom stereocenters. The van der Waals surface area contributed by atoms with Crippen molar-refractivity contribution in [2.75, 3.05) is 65.6 Å². The number of halogens is 1. The van der Waals surface area contributed by atoms with Crippen molar-refractivity contribution in [3.63, 3.8) is 0 Å². The van der Waals surface area contributed by atoms with Crippen LogP contribution in [0.2, 0.25) is 0 Å². The van der Waals surface area contributed by atoms with Crippen molar-refractivity contribution in [2.45, 2.75) is 33.5 Å². The van der Waals surface area contributed by atoms with E-state index in [0.717, 1.165) is 39.1 Å². The third-order valence-corrected chi connectivity index (χ3v) is 5.43. The highest BCUT2D eigenvalue weighted by Crippen LogP contribution is 2.17. The molecule has 0 N–H and O–H groups in total. The molecule has 2 aliphatic rings. The first-order valence-electron chi connectivity index (χ1n) is 11.3. The van der Waals surface area contributed by atoms with Gasteiger partial charge in [0.05, 0.1) is 19.8 Å². The number of ether oxygens (including phenoxy) is 2. The number of piperazine rings is 1. The maximum Gasteiger partial charge on any atom is 0.219 e. The Balaban J connectivity index is 0.00000166. The molecule has 31 heavy (non-hydrogen) atoms. The Kier molecular flexibility index (Phi) is 10.9. The van der Waals surface area contributed by atoms with E-state index in [1.807, 2.05) is 18.7 Å². The van der Waals surface area contributed by atoms with Crippen LogP contribution in [0.5, 0.6) is 5.75 Å². The fourth-order valence-corrected chi connectivity index (χ4v) is 3.59. The first kappa shape index (κ1) is 25.2. The van der Waals surface area contributed by atoms with E-state index in [9.17, 15) is 14.0 Å². The minimum Gasteiger partial charge on any atom is -0.494 e. The van der Waals surface area contributed by atoms with Gasteiger partial charge in [-0.05, 0) is 30.7 Å². The number of benzene rings is 1. The van der Waals surface area contributed by atoms with Crippen molar-refractivity contribution in [2.24, 2.45) is 0 Å². The Morgan fingerprint density at radius 2 is 1.65 bits per heavy atom. The lowest BCUT2D eigenvalue weighted by molar-refractivity contribution is -0.130. The van der Waals surface area contributed by atoms with Crippen molar-refractivity contribution in [1.82, 2.24) is 14.7 Å². The van der Waals surface area contributed by atoms with E-state index in [1.165, 1.54) is 4.90 Å². The maximum atomic E-state index is 14.4. The Hall–Kier alpha value is -2.03. The summed E-state index contributed by atoms with van der Waals surface area (Å²) in [5, 5.41) is 0. The Labute approximate surface area is 185 Å². The number of hydrogen-bond acceptors (Lipinski definition) is 6. The van der Waals surface area contributed by atoms with Gasteiger partial charge in [0.1, 0.15) is 5.75 Å². The maximum absolute atomic E-state index is 14.4. The van der Waals surface area contributed by atoms with Crippen molar-refractivity contribution >= 4 is 11.7 Å². The zero-order valence-electron chi connectivity index (χ0n) is 19.0. The number of rotatable bonds is 8. The third kappa shape index (κ3) is 7.87. The summed E-state index contributed by atoms with van der Waals surface area (Å²) < 4.78 is 25.4. The van der Waals surface area contributed by atoms with E-state index < -0.39 is 12.1 Å². The second-order valence-corrected chi connectivity index (χ2v) is 7.42. The molecule has 0 aliphatic carbocycles. The molecule has 1 aromatic rings. The van der Waals surface area contributed by atoms with Gasteiger partial charge >= 0.3 is 0 Å². The number of nitrogens with zero attached hydrogens (tertiary/aromatic N) is 3. The fourth-order valence-electron chi connectivity index (χ4n) is 3.59. The van der Waals surface area contributed by atoms with Gasteiger partial charge in [-0.25, -0.2) is 4.39 Å². The molecule has 1 aromatic carbocycles. The minimum absolute atomic E-state index is 0.138. The zero-order valence-corrected chi connectivity index (χ0v) is 19.0. The molecule has 2 aliphatic heterocycles. The minimum atomic E-state index is -1.63. The van der Waals surface area contributed by atoms with Gasteiger partial charge in [-0.2, -0.15) is 0 Å². The summed E-state index contributed by atoms with van der Waals surface area (Å²) in [5.41, 5.74) is 0.347. The molecule has 1 atom stereocenters. The summed E-state index contributed by atoms with van der Waals surface area (Å²) in [5.74, 6) is 0.284. The van der Waals surface area contributed by atoms with Crippen LogP contribution in [0, 0.1) is 0 Å². The second-order valence-electron chi connectivity index (χ2n) is 7.42. The van der Waals surface area contributed by atoms with Crippen LogP contribution in [-0.4, -0.2) is 98.3 Å². The van der Waals surface area contributed by atoms with E-state index >= 15 is 0 Å². The first-order chi connectivity index (χ1) is 15.0. The fraction of sp³-hybridized carbons (Fsp3) is 0.652. The molecular formula is C23H36FN3O4. The summed E-state index contributed by atoms with van der Waals surface area (Å²) in [6.45, 7) is 12.2. The molecule has 3 rings (SSSR count). The van der Waals surface area contributed by atoms with E-state index in [4.69, 9.17) is 9.47 Å². The molecule has 0 spiro atoms. The summed E-state index contributed by atoms with van der Waals surface area (Å²) in [6.07, 6.45) is -0.751. The highest BCUT2D eigenvalue weighted by molar-refractivity contribution is 5.99. The van der Waals surface area contributed by atoms with Crippen LogP contribution in [0.15, 0.2) is 24.3 Å². The molecule has 174 valence electrons. The van der Waals surface area contributed by atoms with Crippen LogP contribution in [0.25, 0.3) is 0 Å². The lowest BCUT2D eigenvalue weighted by atomic mass is 10.1. The molecule has 0 saturated carbocycles. The molecule has 8 heteroatoms. The van der Waals surface area contributed by atoms with Gasteiger partial charge in [-0.1, -0.05) is 13.8 Å². The number of alkyl halides is 1. The smallest absolute Gasteiger partial charge is 0.219 e. The molecule has 2 heterocycles. The van der Waals surface area contributed by atoms with Crippen molar-refractivity contribution in [1.29, 1.82) is 0 Å². The summed E-state index contributed by atoms with van der Waals surface area (Å²) in [4.78, 5) is 29.4. The van der Waals surface area contributed by atoms with Crippen molar-refractivity contribution in [3.05, 3.63) is 29.8 Å². The van der Waals surface area contributed by atoms with Gasteiger partial charge in [0.2, 0.25) is 18.0 Å². The van der Waals surface area contributed by atoms with E-state index in [2.05, 4.69) is 4.90 Å². The van der Waals surface area contributed by atoms with Crippen LogP contribution in [-0.2, 0) is 9.53 Å². The SMILES string of the molecule is CC.CC(=O)N1CCN(CCCOc2ccc(C(=O)C(F)N3CCOCC3)cc2)CC1. The predicted octanol–water partition coefficient (Wildman–Crippen LogP) is 2.46.